The lowest BCUT2D eigenvalue weighted by atomic mass is 10.1. The minimum Gasteiger partial charge on any atom is -0.481 e. The summed E-state index contributed by atoms with van der Waals surface area (Å²) in [5.74, 6) is 0.951. The van der Waals surface area contributed by atoms with Crippen LogP contribution in [0.15, 0.2) is 77.7 Å². The summed E-state index contributed by atoms with van der Waals surface area (Å²) in [5, 5.41) is 9.25. The maximum Gasteiger partial charge on any atom is 0.238 e. The van der Waals surface area contributed by atoms with Gasteiger partial charge in [-0.25, -0.2) is 33.5 Å². The molecule has 0 bridgehead atoms. The van der Waals surface area contributed by atoms with Crippen LogP contribution in [-0.2, 0) is 22.9 Å². The molecule has 0 spiro atoms. The summed E-state index contributed by atoms with van der Waals surface area (Å²) in [6.45, 7) is 0. The Kier molecular flexibility index (Phi) is 6.59. The molecule has 5 aromatic rings. The number of aromatic nitrogens is 4. The van der Waals surface area contributed by atoms with Crippen molar-refractivity contribution in [3.05, 3.63) is 94.8 Å². The first-order valence-corrected chi connectivity index (χ1v) is 13.3. The summed E-state index contributed by atoms with van der Waals surface area (Å²) in [4.78, 5) is 19.4. The number of nitrogens with one attached hydrogen (secondary N) is 1. The minimum atomic E-state index is -3.77. The lowest BCUT2D eigenvalue weighted by Gasteiger charge is -2.10. The van der Waals surface area contributed by atoms with Crippen molar-refractivity contribution < 1.29 is 13.2 Å². The van der Waals surface area contributed by atoms with Gasteiger partial charge in [0, 0.05) is 24.6 Å². The molecule has 3 heterocycles. The molecule has 0 radical (unpaired) electrons. The third-order valence-electron chi connectivity index (χ3n) is 5.32. The molecule has 0 saturated carbocycles. The number of nitrogens with zero attached hydrogens (tertiary/aromatic N) is 4. The second-order valence-corrected chi connectivity index (χ2v) is 10.6. The van der Waals surface area contributed by atoms with Crippen molar-refractivity contribution in [1.29, 1.82) is 0 Å². The Balaban J connectivity index is 1.46. The number of rotatable bonds is 8. The van der Waals surface area contributed by atoms with Gasteiger partial charge in [-0.15, -0.1) is 0 Å². The highest BCUT2D eigenvalue weighted by Crippen LogP contribution is 2.25. The van der Waals surface area contributed by atoms with Crippen LogP contribution in [-0.4, -0.2) is 35.5 Å². The van der Waals surface area contributed by atoms with Crippen molar-refractivity contribution in [3.8, 4) is 5.88 Å². The van der Waals surface area contributed by atoms with E-state index in [1.807, 2.05) is 42.5 Å². The van der Waals surface area contributed by atoms with Crippen LogP contribution >= 0.6 is 11.3 Å². The molecule has 182 valence electrons. The summed E-state index contributed by atoms with van der Waals surface area (Å²) in [7, 11) is -2.18. The number of fused-ring (bicyclic) bond motifs is 1. The normalized spacial score (nSPS) is 11.5. The second kappa shape index (κ2) is 9.97. The molecule has 9 nitrogen and oxygen atoms in total. The predicted molar refractivity (Wildman–Crippen MR) is 139 cm³/mol. The Hall–Kier alpha value is -3.93. The van der Waals surface area contributed by atoms with E-state index < -0.39 is 10.0 Å². The van der Waals surface area contributed by atoms with Crippen LogP contribution < -0.4 is 15.2 Å². The number of pyridine rings is 1. The number of thiazole rings is 1. The van der Waals surface area contributed by atoms with Gasteiger partial charge in [-0.2, -0.15) is 0 Å². The van der Waals surface area contributed by atoms with Gasteiger partial charge >= 0.3 is 0 Å². The van der Waals surface area contributed by atoms with Crippen LogP contribution in [0.5, 0.6) is 5.88 Å². The van der Waals surface area contributed by atoms with Crippen molar-refractivity contribution in [2.75, 3.05) is 12.4 Å². The first kappa shape index (κ1) is 23.8. The molecule has 2 aromatic carbocycles. The monoisotopic (exact) mass is 518 g/mol. The summed E-state index contributed by atoms with van der Waals surface area (Å²) in [6, 6.07) is 21.8. The number of anilines is 2. The molecule has 0 amide bonds. The van der Waals surface area contributed by atoms with Gasteiger partial charge in [0.05, 0.1) is 23.4 Å². The fraction of sp³-hybridized carbons (Fsp3) is 0.120. The number of primary sulfonamides is 1. The molecule has 3 N–H and O–H groups in total. The lowest BCUT2D eigenvalue weighted by molar-refractivity contribution is 0.400. The van der Waals surface area contributed by atoms with E-state index in [1.54, 1.807) is 25.3 Å². The highest BCUT2D eigenvalue weighted by Gasteiger charge is 2.12. The Morgan fingerprint density at radius 3 is 2.31 bits per heavy atom. The van der Waals surface area contributed by atoms with Gasteiger partial charge in [-0.1, -0.05) is 41.7 Å². The first-order chi connectivity index (χ1) is 17.4. The molecular weight excluding hydrogens is 496 g/mol. The van der Waals surface area contributed by atoms with E-state index in [4.69, 9.17) is 24.8 Å². The number of benzene rings is 2. The molecule has 0 fully saturated rings. The quantitative estimate of drug-likeness (QED) is 0.314. The Morgan fingerprint density at radius 1 is 0.889 bits per heavy atom. The smallest absolute Gasteiger partial charge is 0.238 e. The number of ether oxygens (including phenoxy) is 1. The highest BCUT2D eigenvalue weighted by atomic mass is 32.2. The summed E-state index contributed by atoms with van der Waals surface area (Å²) in [5.41, 5.74) is 4.22. The van der Waals surface area contributed by atoms with E-state index in [9.17, 15) is 8.42 Å². The molecular formula is C25H22N6O3S2. The maximum atomic E-state index is 11.6. The molecule has 0 aliphatic carbocycles. The van der Waals surface area contributed by atoms with E-state index in [0.29, 0.717) is 30.4 Å². The number of hydrogen-bond donors (Lipinski definition) is 2. The summed E-state index contributed by atoms with van der Waals surface area (Å²) >= 11 is 1.49. The van der Waals surface area contributed by atoms with Crippen LogP contribution in [0.1, 0.15) is 22.0 Å². The predicted octanol–water partition coefficient (Wildman–Crippen LogP) is 4.06. The molecule has 5 rings (SSSR count). The zero-order valence-electron chi connectivity index (χ0n) is 19.2. The minimum absolute atomic E-state index is 0.0357. The van der Waals surface area contributed by atoms with Crippen molar-refractivity contribution >= 4 is 43.3 Å². The number of sulfonamides is 1. The lowest BCUT2D eigenvalue weighted by Crippen LogP contribution is -2.12. The highest BCUT2D eigenvalue weighted by molar-refractivity contribution is 7.89. The van der Waals surface area contributed by atoms with Gasteiger partial charge in [0.15, 0.2) is 0 Å². The fourth-order valence-electron chi connectivity index (χ4n) is 3.64. The summed E-state index contributed by atoms with van der Waals surface area (Å²) < 4.78 is 28.3. The molecule has 3 aromatic heterocycles. The molecule has 0 atom stereocenters. The van der Waals surface area contributed by atoms with Gasteiger partial charge in [-0.05, 0) is 42.0 Å². The second-order valence-electron chi connectivity index (χ2n) is 7.99. The molecule has 0 saturated heterocycles. The third kappa shape index (κ3) is 5.65. The van der Waals surface area contributed by atoms with Crippen LogP contribution in [0.2, 0.25) is 0 Å². The van der Waals surface area contributed by atoms with Crippen molar-refractivity contribution in [2.24, 2.45) is 5.14 Å². The van der Waals surface area contributed by atoms with Crippen molar-refractivity contribution in [3.63, 3.8) is 0 Å². The number of methoxy groups -OCH3 is 1. The molecule has 0 unspecified atom stereocenters. The molecule has 0 aliphatic rings. The summed E-state index contributed by atoms with van der Waals surface area (Å²) in [6.07, 6.45) is 1.14. The maximum absolute atomic E-state index is 11.6. The van der Waals surface area contributed by atoms with E-state index in [-0.39, 0.29) is 4.90 Å². The van der Waals surface area contributed by atoms with Crippen LogP contribution in [0.3, 0.4) is 0 Å². The molecule has 36 heavy (non-hydrogen) atoms. The van der Waals surface area contributed by atoms with Crippen LogP contribution in [0.25, 0.3) is 10.3 Å². The number of nitrogens with two attached hydrogens (primary N) is 1. The van der Waals surface area contributed by atoms with E-state index in [0.717, 1.165) is 32.3 Å². The van der Waals surface area contributed by atoms with Crippen LogP contribution in [0.4, 0.5) is 11.6 Å². The SMILES string of the molecule is COc1ccc2nc(Cc3cc(Cc4ccccc4)nc(Nc4ccc(S(N)(=O)=O)cc4)n3)sc2n1. The van der Waals surface area contributed by atoms with Crippen LogP contribution in [0, 0.1) is 0 Å². The van der Waals surface area contributed by atoms with Gasteiger partial charge in [0.2, 0.25) is 21.9 Å². The number of hydrogen-bond acceptors (Lipinski definition) is 9. The van der Waals surface area contributed by atoms with E-state index in [1.165, 1.54) is 23.5 Å². The molecule has 0 aliphatic heterocycles. The zero-order valence-corrected chi connectivity index (χ0v) is 20.9. The Labute approximate surface area is 212 Å². The van der Waals surface area contributed by atoms with E-state index >= 15 is 0 Å². The van der Waals surface area contributed by atoms with Gasteiger partial charge in [0.25, 0.3) is 0 Å². The Bertz CT molecular complexity index is 1620. The topological polar surface area (TPSA) is 133 Å². The molecule has 11 heteroatoms. The largest absolute Gasteiger partial charge is 0.481 e. The average Bonchev–Trinajstić information content (AvgIpc) is 3.25. The van der Waals surface area contributed by atoms with E-state index in [2.05, 4.69) is 10.3 Å². The van der Waals surface area contributed by atoms with Gasteiger partial charge in [-0.3, -0.25) is 0 Å². The van der Waals surface area contributed by atoms with Crippen molar-refractivity contribution in [2.45, 2.75) is 17.7 Å². The zero-order chi connectivity index (χ0) is 25.1. The first-order valence-electron chi connectivity index (χ1n) is 11.0. The van der Waals surface area contributed by atoms with Gasteiger partial charge < -0.3 is 10.1 Å². The van der Waals surface area contributed by atoms with Crippen molar-refractivity contribution in [1.82, 2.24) is 19.9 Å². The third-order valence-corrected chi connectivity index (χ3v) is 7.21. The van der Waals surface area contributed by atoms with Gasteiger partial charge in [0.1, 0.15) is 15.4 Å². The Morgan fingerprint density at radius 2 is 1.61 bits per heavy atom. The average molecular weight is 519 g/mol. The fourth-order valence-corrected chi connectivity index (χ4v) is 5.10. The standard InChI is InChI=1S/C25H22N6O3S2/c1-34-22-12-11-21-24(31-22)35-23(30-21)15-19-14-18(13-16-5-3-2-4-6-16)28-25(29-19)27-17-7-9-20(10-8-17)36(26,32)33/h2-12,14H,13,15H2,1H3,(H2,26,32,33)(H,27,28,29).